The predicted molar refractivity (Wildman–Crippen MR) is 69.4 cm³/mol. The first-order valence-electron chi connectivity index (χ1n) is 7.15. The lowest BCUT2D eigenvalue weighted by atomic mass is 9.93. The number of nitrogens with zero attached hydrogens (tertiary/aromatic N) is 1. The summed E-state index contributed by atoms with van der Waals surface area (Å²) in [6, 6.07) is 0. The molecule has 0 aromatic heterocycles. The maximum absolute atomic E-state index is 6.06. The van der Waals surface area contributed by atoms with Crippen LogP contribution >= 0.6 is 0 Å². The Labute approximate surface area is 101 Å². The summed E-state index contributed by atoms with van der Waals surface area (Å²) in [5, 5.41) is 0. The minimum atomic E-state index is 0.308. The first-order chi connectivity index (χ1) is 7.70. The molecule has 0 radical (unpaired) electrons. The molecule has 2 fully saturated rings. The van der Waals surface area contributed by atoms with Crippen molar-refractivity contribution in [3.63, 3.8) is 0 Å². The van der Waals surface area contributed by atoms with E-state index >= 15 is 0 Å². The Kier molecular flexibility index (Phi) is 3.91. The van der Waals surface area contributed by atoms with Crippen molar-refractivity contribution in [3.05, 3.63) is 0 Å². The average Bonchev–Trinajstić information content (AvgIpc) is 3.13. The summed E-state index contributed by atoms with van der Waals surface area (Å²) < 4.78 is 0. The zero-order chi connectivity index (χ0) is 11.6. The molecular formula is C14H28N2. The van der Waals surface area contributed by atoms with Crippen molar-refractivity contribution in [2.75, 3.05) is 19.6 Å². The average molecular weight is 224 g/mol. The van der Waals surface area contributed by atoms with Gasteiger partial charge in [-0.05, 0) is 64.0 Å². The van der Waals surface area contributed by atoms with Gasteiger partial charge in [-0.15, -0.1) is 0 Å². The van der Waals surface area contributed by atoms with E-state index in [1.807, 2.05) is 0 Å². The second-order valence-corrected chi connectivity index (χ2v) is 6.03. The van der Waals surface area contributed by atoms with Crippen LogP contribution in [0.5, 0.6) is 0 Å². The maximum Gasteiger partial charge on any atom is 0.0331 e. The van der Waals surface area contributed by atoms with Crippen LogP contribution in [0.25, 0.3) is 0 Å². The smallest absolute Gasteiger partial charge is 0.0331 e. The Morgan fingerprint density at radius 1 is 1.19 bits per heavy atom. The van der Waals surface area contributed by atoms with E-state index in [2.05, 4.69) is 18.7 Å². The fourth-order valence-electron chi connectivity index (χ4n) is 3.34. The highest BCUT2D eigenvalue weighted by Crippen LogP contribution is 2.43. The summed E-state index contributed by atoms with van der Waals surface area (Å²) in [5.74, 6) is 1.85. The van der Waals surface area contributed by atoms with Crippen LogP contribution in [-0.4, -0.2) is 30.1 Å². The topological polar surface area (TPSA) is 29.3 Å². The molecule has 0 amide bonds. The van der Waals surface area contributed by atoms with E-state index in [0.29, 0.717) is 5.54 Å². The SMILES string of the molecule is CCC1CCCN(C(C)(CN)C2CC2)CC1. The molecule has 1 aliphatic heterocycles. The highest BCUT2D eigenvalue weighted by Gasteiger charge is 2.44. The Morgan fingerprint density at radius 3 is 2.50 bits per heavy atom. The maximum atomic E-state index is 6.06. The van der Waals surface area contributed by atoms with Gasteiger partial charge in [-0.25, -0.2) is 0 Å². The molecule has 1 saturated carbocycles. The van der Waals surface area contributed by atoms with Crippen molar-refractivity contribution < 1.29 is 0 Å². The van der Waals surface area contributed by atoms with Gasteiger partial charge in [-0.3, -0.25) is 4.90 Å². The van der Waals surface area contributed by atoms with Gasteiger partial charge in [0.2, 0.25) is 0 Å². The van der Waals surface area contributed by atoms with E-state index < -0.39 is 0 Å². The number of nitrogens with two attached hydrogens (primary N) is 1. The van der Waals surface area contributed by atoms with Crippen molar-refractivity contribution in [3.8, 4) is 0 Å². The number of rotatable bonds is 4. The molecule has 1 aliphatic carbocycles. The molecule has 0 spiro atoms. The zero-order valence-electron chi connectivity index (χ0n) is 11.0. The lowest BCUT2D eigenvalue weighted by Gasteiger charge is -2.40. The Bertz CT molecular complexity index is 225. The van der Waals surface area contributed by atoms with Crippen molar-refractivity contribution in [1.82, 2.24) is 4.90 Å². The molecule has 0 bridgehead atoms. The lowest BCUT2D eigenvalue weighted by Crippen LogP contribution is -2.53. The van der Waals surface area contributed by atoms with Crippen molar-refractivity contribution in [2.45, 2.75) is 57.9 Å². The van der Waals surface area contributed by atoms with Gasteiger partial charge in [0.1, 0.15) is 0 Å². The molecule has 0 aromatic rings. The molecule has 94 valence electrons. The van der Waals surface area contributed by atoms with Crippen LogP contribution in [0.3, 0.4) is 0 Å². The molecule has 2 N–H and O–H groups in total. The third-order valence-electron chi connectivity index (χ3n) is 5.02. The van der Waals surface area contributed by atoms with Crippen LogP contribution in [-0.2, 0) is 0 Å². The van der Waals surface area contributed by atoms with Gasteiger partial charge in [-0.2, -0.15) is 0 Å². The van der Waals surface area contributed by atoms with Crippen molar-refractivity contribution >= 4 is 0 Å². The summed E-state index contributed by atoms with van der Waals surface area (Å²) in [4.78, 5) is 2.71. The largest absolute Gasteiger partial charge is 0.329 e. The van der Waals surface area contributed by atoms with Gasteiger partial charge >= 0.3 is 0 Å². The van der Waals surface area contributed by atoms with E-state index in [-0.39, 0.29) is 0 Å². The van der Waals surface area contributed by atoms with Crippen LogP contribution in [0, 0.1) is 11.8 Å². The minimum absolute atomic E-state index is 0.308. The summed E-state index contributed by atoms with van der Waals surface area (Å²) >= 11 is 0. The van der Waals surface area contributed by atoms with E-state index in [1.165, 1.54) is 51.6 Å². The first kappa shape index (κ1) is 12.4. The summed E-state index contributed by atoms with van der Waals surface area (Å²) in [6.45, 7) is 8.14. The minimum Gasteiger partial charge on any atom is -0.329 e. The van der Waals surface area contributed by atoms with Gasteiger partial charge in [0, 0.05) is 12.1 Å². The van der Waals surface area contributed by atoms with E-state index in [4.69, 9.17) is 5.73 Å². The van der Waals surface area contributed by atoms with Gasteiger partial charge in [-0.1, -0.05) is 13.3 Å². The molecule has 2 rings (SSSR count). The third-order valence-corrected chi connectivity index (χ3v) is 5.02. The highest BCUT2D eigenvalue weighted by molar-refractivity contribution is 5.00. The van der Waals surface area contributed by atoms with E-state index in [0.717, 1.165) is 18.4 Å². The fourth-order valence-corrected chi connectivity index (χ4v) is 3.34. The summed E-state index contributed by atoms with van der Waals surface area (Å²) in [5.41, 5.74) is 6.36. The van der Waals surface area contributed by atoms with Gasteiger partial charge in [0.15, 0.2) is 0 Å². The highest BCUT2D eigenvalue weighted by atomic mass is 15.2. The lowest BCUT2D eigenvalue weighted by molar-refractivity contribution is 0.0919. The van der Waals surface area contributed by atoms with Crippen LogP contribution in [0.15, 0.2) is 0 Å². The second kappa shape index (κ2) is 5.05. The van der Waals surface area contributed by atoms with Crippen molar-refractivity contribution in [1.29, 1.82) is 0 Å². The summed E-state index contributed by atoms with van der Waals surface area (Å²) in [6.07, 6.45) is 8.36. The number of likely N-dealkylation sites (tertiary alicyclic amines) is 1. The molecule has 2 atom stereocenters. The predicted octanol–water partition coefficient (Wildman–Crippen LogP) is 2.63. The van der Waals surface area contributed by atoms with Gasteiger partial charge in [0.05, 0.1) is 0 Å². The van der Waals surface area contributed by atoms with Crippen molar-refractivity contribution in [2.24, 2.45) is 17.6 Å². The monoisotopic (exact) mass is 224 g/mol. The quantitative estimate of drug-likeness (QED) is 0.795. The molecule has 16 heavy (non-hydrogen) atoms. The third kappa shape index (κ3) is 2.43. The van der Waals surface area contributed by atoms with Crippen LogP contribution < -0.4 is 5.73 Å². The standard InChI is InChI=1S/C14H28N2/c1-3-12-5-4-9-16(10-8-12)14(2,11-15)13-6-7-13/h12-13H,3-11,15H2,1-2H3. The molecule has 1 saturated heterocycles. The van der Waals surface area contributed by atoms with Gasteiger partial charge < -0.3 is 5.73 Å². The molecule has 2 aliphatic rings. The molecular weight excluding hydrogens is 196 g/mol. The molecule has 2 nitrogen and oxygen atoms in total. The Balaban J connectivity index is 1.97. The number of hydrogen-bond donors (Lipinski definition) is 1. The zero-order valence-corrected chi connectivity index (χ0v) is 11.0. The Hall–Kier alpha value is -0.0800. The molecule has 2 unspecified atom stereocenters. The normalized spacial score (nSPS) is 32.1. The van der Waals surface area contributed by atoms with E-state index in [9.17, 15) is 0 Å². The number of hydrogen-bond acceptors (Lipinski definition) is 2. The fraction of sp³-hybridized carbons (Fsp3) is 1.00. The molecule has 1 heterocycles. The molecule has 2 heteroatoms. The van der Waals surface area contributed by atoms with Crippen LogP contribution in [0.1, 0.15) is 52.4 Å². The van der Waals surface area contributed by atoms with Crippen LogP contribution in [0.4, 0.5) is 0 Å². The second-order valence-electron chi connectivity index (χ2n) is 6.03. The van der Waals surface area contributed by atoms with Crippen LogP contribution in [0.2, 0.25) is 0 Å². The van der Waals surface area contributed by atoms with Gasteiger partial charge in [0.25, 0.3) is 0 Å². The molecule has 0 aromatic carbocycles. The summed E-state index contributed by atoms with van der Waals surface area (Å²) in [7, 11) is 0. The van der Waals surface area contributed by atoms with E-state index in [1.54, 1.807) is 0 Å². The Morgan fingerprint density at radius 2 is 1.94 bits per heavy atom. The first-order valence-corrected chi connectivity index (χ1v) is 7.15.